The third-order valence-electron chi connectivity index (χ3n) is 5.73. The fraction of sp³-hybridized carbons (Fsp3) is 0.0714. The molecule has 0 atom stereocenters. The molecule has 8 heteroatoms. The van der Waals surface area contributed by atoms with Gasteiger partial charge in [-0.1, -0.05) is 83.9 Å². The molecule has 0 spiro atoms. The van der Waals surface area contributed by atoms with Gasteiger partial charge in [-0.05, 0) is 57.9 Å². The summed E-state index contributed by atoms with van der Waals surface area (Å²) in [4.78, 5) is 27.3. The molecule has 1 aliphatic rings. The van der Waals surface area contributed by atoms with Crippen molar-refractivity contribution >= 4 is 63.0 Å². The molecule has 0 radical (unpaired) electrons. The maximum Gasteiger partial charge on any atom is 0.293 e. The summed E-state index contributed by atoms with van der Waals surface area (Å²) in [5.74, 6) is -0.562. The Labute approximate surface area is 221 Å². The second-order valence-corrected chi connectivity index (χ2v) is 9.91. The van der Waals surface area contributed by atoms with Crippen LogP contribution in [-0.2, 0) is 17.9 Å². The van der Waals surface area contributed by atoms with Gasteiger partial charge in [0.05, 0.1) is 21.5 Å². The van der Waals surface area contributed by atoms with Crippen LogP contribution in [0.4, 0.5) is 9.18 Å². The third-order valence-corrected chi connectivity index (χ3v) is 7.20. The van der Waals surface area contributed by atoms with Gasteiger partial charge in [0.1, 0.15) is 12.4 Å². The van der Waals surface area contributed by atoms with E-state index in [2.05, 4.69) is 0 Å². The van der Waals surface area contributed by atoms with Crippen molar-refractivity contribution < 1.29 is 18.7 Å². The molecule has 4 aromatic rings. The molecule has 0 bridgehead atoms. The normalized spacial score (nSPS) is 14.8. The van der Waals surface area contributed by atoms with Crippen molar-refractivity contribution in [3.05, 3.63) is 116 Å². The van der Waals surface area contributed by atoms with Crippen LogP contribution < -0.4 is 4.74 Å². The number of thioether (sulfide) groups is 1. The van der Waals surface area contributed by atoms with Gasteiger partial charge in [0.25, 0.3) is 11.1 Å². The zero-order valence-electron chi connectivity index (χ0n) is 18.7. The smallest absolute Gasteiger partial charge is 0.293 e. The first-order valence-corrected chi connectivity index (χ1v) is 12.5. The molecule has 1 saturated heterocycles. The van der Waals surface area contributed by atoms with Gasteiger partial charge in [0.15, 0.2) is 5.75 Å². The van der Waals surface area contributed by atoms with Crippen molar-refractivity contribution in [2.45, 2.75) is 13.2 Å². The van der Waals surface area contributed by atoms with Gasteiger partial charge in [-0.3, -0.25) is 14.5 Å². The summed E-state index contributed by atoms with van der Waals surface area (Å²) in [6.07, 6.45) is 1.58. The topological polar surface area (TPSA) is 46.6 Å². The number of imide groups is 1. The largest absolute Gasteiger partial charge is 0.486 e. The molecule has 180 valence electrons. The Balaban J connectivity index is 1.35. The number of amides is 2. The molecule has 1 fully saturated rings. The third kappa shape index (κ3) is 4.98. The summed E-state index contributed by atoms with van der Waals surface area (Å²) in [6.45, 7) is 0.131. The van der Waals surface area contributed by atoms with Crippen LogP contribution >= 0.6 is 35.0 Å². The van der Waals surface area contributed by atoms with Gasteiger partial charge in [0, 0.05) is 5.56 Å². The summed E-state index contributed by atoms with van der Waals surface area (Å²) in [5, 5.41) is 2.10. The number of carbonyl (C=O) groups excluding carboxylic acids is 2. The Kier molecular flexibility index (Phi) is 7.01. The predicted molar refractivity (Wildman–Crippen MR) is 143 cm³/mol. The van der Waals surface area contributed by atoms with Crippen LogP contribution in [0.1, 0.15) is 16.7 Å². The van der Waals surface area contributed by atoms with Crippen molar-refractivity contribution in [2.24, 2.45) is 0 Å². The Hall–Kier alpha value is -3.32. The van der Waals surface area contributed by atoms with Gasteiger partial charge in [-0.15, -0.1) is 0 Å². The molecule has 0 N–H and O–H groups in total. The first-order valence-electron chi connectivity index (χ1n) is 11.0. The second kappa shape index (κ2) is 10.3. The lowest BCUT2D eigenvalue weighted by molar-refractivity contribution is -0.123. The maximum atomic E-state index is 13.9. The number of fused-ring (bicyclic) bond motifs is 1. The van der Waals surface area contributed by atoms with Gasteiger partial charge >= 0.3 is 0 Å². The highest BCUT2D eigenvalue weighted by Crippen LogP contribution is 2.38. The van der Waals surface area contributed by atoms with Crippen molar-refractivity contribution in [3.8, 4) is 5.75 Å². The Morgan fingerprint density at radius 1 is 0.889 bits per heavy atom. The van der Waals surface area contributed by atoms with Crippen LogP contribution in [0.25, 0.3) is 16.8 Å². The van der Waals surface area contributed by atoms with Gasteiger partial charge < -0.3 is 4.74 Å². The molecular formula is C28H18Cl2FNO3S. The number of rotatable bonds is 6. The minimum absolute atomic E-state index is 0.0431. The minimum atomic E-state index is -0.388. The zero-order chi connectivity index (χ0) is 25.2. The van der Waals surface area contributed by atoms with Crippen LogP contribution in [0.15, 0.2) is 83.8 Å². The summed E-state index contributed by atoms with van der Waals surface area (Å²) in [7, 11) is 0. The molecule has 0 aliphatic carbocycles. The van der Waals surface area contributed by atoms with Crippen LogP contribution in [0.3, 0.4) is 0 Å². The van der Waals surface area contributed by atoms with Crippen molar-refractivity contribution in [3.63, 3.8) is 0 Å². The first-order chi connectivity index (χ1) is 17.4. The van der Waals surface area contributed by atoms with Crippen molar-refractivity contribution in [1.82, 2.24) is 4.90 Å². The van der Waals surface area contributed by atoms with E-state index in [-0.39, 0.29) is 50.8 Å². The van der Waals surface area contributed by atoms with Crippen molar-refractivity contribution in [1.29, 1.82) is 0 Å². The minimum Gasteiger partial charge on any atom is -0.486 e. The molecule has 4 aromatic carbocycles. The average Bonchev–Trinajstić information content (AvgIpc) is 3.12. The predicted octanol–water partition coefficient (Wildman–Crippen LogP) is 8.10. The summed E-state index contributed by atoms with van der Waals surface area (Å²) < 4.78 is 19.5. The molecular weight excluding hydrogens is 520 g/mol. The molecule has 2 amide bonds. The average molecular weight is 538 g/mol. The van der Waals surface area contributed by atoms with Gasteiger partial charge in [-0.2, -0.15) is 0 Å². The quantitative estimate of drug-likeness (QED) is 0.233. The number of ether oxygens (including phenoxy) is 1. The van der Waals surface area contributed by atoms with E-state index in [0.717, 1.165) is 28.1 Å². The lowest BCUT2D eigenvalue weighted by Gasteiger charge is -2.14. The molecule has 4 nitrogen and oxygen atoms in total. The molecule has 0 aromatic heterocycles. The van der Waals surface area contributed by atoms with E-state index in [0.29, 0.717) is 11.1 Å². The number of nitrogens with zero attached hydrogens (tertiary/aromatic N) is 1. The Bertz CT molecular complexity index is 1510. The number of benzene rings is 4. The maximum absolute atomic E-state index is 13.9. The van der Waals surface area contributed by atoms with E-state index in [1.165, 1.54) is 11.0 Å². The van der Waals surface area contributed by atoms with Crippen LogP contribution in [0.5, 0.6) is 5.75 Å². The summed E-state index contributed by atoms with van der Waals surface area (Å²) in [5.41, 5.74) is 1.80. The number of hydrogen-bond donors (Lipinski definition) is 0. The number of halogens is 3. The zero-order valence-corrected chi connectivity index (χ0v) is 21.0. The van der Waals surface area contributed by atoms with Gasteiger partial charge in [-0.25, -0.2) is 4.39 Å². The van der Waals surface area contributed by atoms with Crippen LogP contribution in [0.2, 0.25) is 10.0 Å². The number of carbonyl (C=O) groups is 2. The highest BCUT2D eigenvalue weighted by molar-refractivity contribution is 8.18. The van der Waals surface area contributed by atoms with E-state index in [1.54, 1.807) is 36.4 Å². The molecule has 0 unspecified atom stereocenters. The monoisotopic (exact) mass is 537 g/mol. The Morgan fingerprint density at radius 2 is 1.56 bits per heavy atom. The molecule has 0 saturated carbocycles. The van der Waals surface area contributed by atoms with E-state index in [1.807, 2.05) is 42.5 Å². The van der Waals surface area contributed by atoms with Crippen molar-refractivity contribution in [2.75, 3.05) is 0 Å². The van der Waals surface area contributed by atoms with E-state index >= 15 is 0 Å². The summed E-state index contributed by atoms with van der Waals surface area (Å²) in [6, 6.07) is 23.1. The molecule has 5 rings (SSSR count). The lowest BCUT2D eigenvalue weighted by atomic mass is 10.0. The lowest BCUT2D eigenvalue weighted by Crippen LogP contribution is -2.27. The van der Waals surface area contributed by atoms with E-state index in [4.69, 9.17) is 27.9 Å². The highest BCUT2D eigenvalue weighted by Gasteiger charge is 2.35. The van der Waals surface area contributed by atoms with E-state index < -0.39 is 0 Å². The fourth-order valence-corrected chi connectivity index (χ4v) is 5.41. The van der Waals surface area contributed by atoms with Gasteiger partial charge in [0.2, 0.25) is 0 Å². The fourth-order valence-electron chi connectivity index (χ4n) is 3.95. The molecule has 36 heavy (non-hydrogen) atoms. The second-order valence-electron chi connectivity index (χ2n) is 8.10. The van der Waals surface area contributed by atoms with E-state index in [9.17, 15) is 14.0 Å². The number of hydrogen-bond acceptors (Lipinski definition) is 4. The first kappa shape index (κ1) is 24.4. The molecule has 1 heterocycles. The highest BCUT2D eigenvalue weighted by atomic mass is 35.5. The van der Waals surface area contributed by atoms with Crippen LogP contribution in [0, 0.1) is 5.82 Å². The standard InChI is InChI=1S/C28H18Cl2FNO3S/c29-22-12-17(13-23(30)26(22)35-16-20-7-2-4-11-24(20)31)14-25-27(33)32(28(34)36-25)15-19-9-5-8-18-6-1-3-10-21(18)19/h1-14H,15-16H2/b25-14+. The molecule has 1 aliphatic heterocycles. The SMILES string of the molecule is O=C1S/C(=C/c2cc(Cl)c(OCc3ccccc3F)c(Cl)c2)C(=O)N1Cc1cccc2ccccc12. The van der Waals surface area contributed by atoms with Crippen LogP contribution in [-0.4, -0.2) is 16.0 Å². The Morgan fingerprint density at radius 3 is 2.33 bits per heavy atom. The summed E-state index contributed by atoms with van der Waals surface area (Å²) >= 11 is 13.6.